The van der Waals surface area contributed by atoms with Crippen molar-refractivity contribution in [2.75, 3.05) is 39.8 Å². The van der Waals surface area contributed by atoms with Gasteiger partial charge in [0.05, 0.1) is 5.69 Å². The van der Waals surface area contributed by atoms with E-state index in [2.05, 4.69) is 25.3 Å². The van der Waals surface area contributed by atoms with E-state index in [0.29, 0.717) is 0 Å². The lowest BCUT2D eigenvalue weighted by Crippen LogP contribution is -2.52. The fraction of sp³-hybridized carbons (Fsp3) is 0.444. The van der Waals surface area contributed by atoms with Crippen molar-refractivity contribution in [3.63, 3.8) is 0 Å². The van der Waals surface area contributed by atoms with E-state index in [-0.39, 0.29) is 29.8 Å². The van der Waals surface area contributed by atoms with Gasteiger partial charge in [-0.15, -0.1) is 24.0 Å². The number of piperazine rings is 1. The Hall–Kier alpha value is -1.68. The number of hydrogen-bond acceptors (Lipinski definition) is 4. The molecule has 0 atom stereocenters. The second-order valence-electron chi connectivity index (χ2n) is 6.10. The Balaban J connectivity index is 0.00000243. The van der Waals surface area contributed by atoms with E-state index in [1.54, 1.807) is 6.26 Å². The van der Waals surface area contributed by atoms with Gasteiger partial charge in [0.1, 0.15) is 12.1 Å². The Morgan fingerprint density at radius 1 is 1.19 bits per heavy atom. The number of guanidine groups is 1. The lowest BCUT2D eigenvalue weighted by molar-refractivity contribution is 0.169. The van der Waals surface area contributed by atoms with Gasteiger partial charge in [-0.1, -0.05) is 17.3 Å². The topological polar surface area (TPSA) is 56.9 Å². The quantitative estimate of drug-likeness (QED) is 0.411. The molecule has 1 fully saturated rings. The van der Waals surface area contributed by atoms with Crippen molar-refractivity contribution in [1.29, 1.82) is 0 Å². The number of rotatable bonds is 5. The Labute approximate surface area is 170 Å². The van der Waals surface area contributed by atoms with Crippen molar-refractivity contribution in [2.24, 2.45) is 4.99 Å². The number of benzene rings is 1. The smallest absolute Gasteiger partial charge is 0.193 e. The molecular formula is C18H25FIN5O. The van der Waals surface area contributed by atoms with Crippen molar-refractivity contribution in [3.05, 3.63) is 53.7 Å². The van der Waals surface area contributed by atoms with Gasteiger partial charge >= 0.3 is 0 Å². The summed E-state index contributed by atoms with van der Waals surface area (Å²) in [4.78, 5) is 9.01. The molecular weight excluding hydrogens is 448 g/mol. The molecule has 0 saturated carbocycles. The van der Waals surface area contributed by atoms with Crippen molar-refractivity contribution in [2.45, 2.75) is 13.0 Å². The summed E-state index contributed by atoms with van der Waals surface area (Å²) >= 11 is 0. The van der Waals surface area contributed by atoms with Crippen LogP contribution in [0.5, 0.6) is 0 Å². The summed E-state index contributed by atoms with van der Waals surface area (Å²) in [5, 5.41) is 7.36. The summed E-state index contributed by atoms with van der Waals surface area (Å²) in [5.41, 5.74) is 2.08. The number of hydrogen-bond donors (Lipinski definition) is 1. The Bertz CT molecular complexity index is 669. The zero-order valence-corrected chi connectivity index (χ0v) is 17.2. The molecule has 1 aromatic carbocycles. The summed E-state index contributed by atoms with van der Waals surface area (Å²) < 4.78 is 17.8. The molecule has 2 aromatic rings. The maximum Gasteiger partial charge on any atom is 0.193 e. The lowest BCUT2D eigenvalue weighted by Gasteiger charge is -2.36. The van der Waals surface area contributed by atoms with Crippen LogP contribution in [0.3, 0.4) is 0 Å². The SMILES string of the molecule is CN=C(NCCc1ccc(F)cc1)N1CCN(Cc2ccon2)CC1.I. The van der Waals surface area contributed by atoms with Gasteiger partial charge in [0.15, 0.2) is 5.96 Å². The molecule has 2 heterocycles. The van der Waals surface area contributed by atoms with Gasteiger partial charge in [0, 0.05) is 52.4 Å². The van der Waals surface area contributed by atoms with Crippen molar-refractivity contribution >= 4 is 29.9 Å². The van der Waals surface area contributed by atoms with Crippen LogP contribution >= 0.6 is 24.0 Å². The zero-order valence-electron chi connectivity index (χ0n) is 14.9. The van der Waals surface area contributed by atoms with Crippen LogP contribution in [0, 0.1) is 5.82 Å². The van der Waals surface area contributed by atoms with Crippen LogP contribution < -0.4 is 5.32 Å². The highest BCUT2D eigenvalue weighted by atomic mass is 127. The first-order chi connectivity index (χ1) is 12.2. The number of nitrogens with zero attached hydrogens (tertiary/aromatic N) is 4. The monoisotopic (exact) mass is 473 g/mol. The molecule has 8 heteroatoms. The third-order valence-corrected chi connectivity index (χ3v) is 4.37. The molecule has 0 bridgehead atoms. The molecule has 1 N–H and O–H groups in total. The molecule has 1 saturated heterocycles. The minimum atomic E-state index is -0.198. The predicted molar refractivity (Wildman–Crippen MR) is 110 cm³/mol. The molecule has 142 valence electrons. The molecule has 1 aliphatic rings. The highest BCUT2D eigenvalue weighted by molar-refractivity contribution is 14.0. The largest absolute Gasteiger partial charge is 0.364 e. The average molecular weight is 473 g/mol. The summed E-state index contributed by atoms with van der Waals surface area (Å²) in [6, 6.07) is 8.55. The molecule has 0 unspecified atom stereocenters. The Kier molecular flexibility index (Phi) is 8.30. The van der Waals surface area contributed by atoms with E-state index in [1.165, 1.54) is 12.1 Å². The van der Waals surface area contributed by atoms with Gasteiger partial charge in [-0.25, -0.2) is 4.39 Å². The van der Waals surface area contributed by atoms with Crippen molar-refractivity contribution in [3.8, 4) is 0 Å². The standard InChI is InChI=1S/C18H24FN5O.HI/c1-20-18(21-8-6-15-2-4-16(19)5-3-15)24-11-9-23(10-12-24)14-17-7-13-25-22-17;/h2-5,7,13H,6,8-12,14H2,1H3,(H,20,21);1H. The maximum atomic E-state index is 12.9. The van der Waals surface area contributed by atoms with Crippen LogP contribution in [0.2, 0.25) is 0 Å². The summed E-state index contributed by atoms with van der Waals surface area (Å²) in [6.45, 7) is 5.37. The second-order valence-corrected chi connectivity index (χ2v) is 6.10. The van der Waals surface area contributed by atoms with Gasteiger partial charge in [0.25, 0.3) is 0 Å². The normalized spacial score (nSPS) is 15.6. The fourth-order valence-electron chi connectivity index (χ4n) is 2.97. The zero-order chi connectivity index (χ0) is 17.5. The van der Waals surface area contributed by atoms with Gasteiger partial charge in [0.2, 0.25) is 0 Å². The van der Waals surface area contributed by atoms with E-state index < -0.39 is 0 Å². The Morgan fingerprint density at radius 3 is 2.54 bits per heavy atom. The van der Waals surface area contributed by atoms with E-state index >= 15 is 0 Å². The van der Waals surface area contributed by atoms with Crippen molar-refractivity contribution < 1.29 is 8.91 Å². The van der Waals surface area contributed by atoms with Gasteiger partial charge in [-0.2, -0.15) is 0 Å². The minimum Gasteiger partial charge on any atom is -0.364 e. The highest BCUT2D eigenvalue weighted by Gasteiger charge is 2.20. The number of aliphatic imine (C=N–C) groups is 1. The first-order valence-electron chi connectivity index (χ1n) is 8.56. The van der Waals surface area contributed by atoms with Gasteiger partial charge in [-0.05, 0) is 24.1 Å². The molecule has 6 nitrogen and oxygen atoms in total. The van der Waals surface area contributed by atoms with Crippen LogP contribution in [0.1, 0.15) is 11.3 Å². The van der Waals surface area contributed by atoms with Gasteiger partial charge in [-0.3, -0.25) is 9.89 Å². The predicted octanol–water partition coefficient (Wildman–Crippen LogP) is 2.37. The minimum absolute atomic E-state index is 0. The molecule has 0 spiro atoms. The van der Waals surface area contributed by atoms with Gasteiger partial charge < -0.3 is 14.7 Å². The number of halogens is 2. The third kappa shape index (κ3) is 5.94. The summed E-state index contributed by atoms with van der Waals surface area (Å²) in [7, 11) is 1.81. The molecule has 1 aliphatic heterocycles. The first-order valence-corrected chi connectivity index (χ1v) is 8.56. The highest BCUT2D eigenvalue weighted by Crippen LogP contribution is 2.07. The fourth-order valence-corrected chi connectivity index (χ4v) is 2.97. The van der Waals surface area contributed by atoms with Crippen LogP contribution in [0.15, 0.2) is 46.1 Å². The molecule has 1 aromatic heterocycles. The first kappa shape index (κ1) is 20.6. The average Bonchev–Trinajstić information content (AvgIpc) is 3.14. The summed E-state index contributed by atoms with van der Waals surface area (Å²) in [6.07, 6.45) is 2.45. The van der Waals surface area contributed by atoms with Crippen LogP contribution in [0.4, 0.5) is 4.39 Å². The Morgan fingerprint density at radius 2 is 1.92 bits per heavy atom. The summed E-state index contributed by atoms with van der Waals surface area (Å²) in [5.74, 6) is 0.721. The molecule has 3 rings (SSSR count). The molecule has 0 amide bonds. The lowest BCUT2D eigenvalue weighted by atomic mass is 10.1. The molecule has 0 radical (unpaired) electrons. The second kappa shape index (κ2) is 10.5. The third-order valence-electron chi connectivity index (χ3n) is 4.37. The van der Waals surface area contributed by atoms with E-state index in [9.17, 15) is 4.39 Å². The number of nitrogens with one attached hydrogen (secondary N) is 1. The van der Waals surface area contributed by atoms with Crippen LogP contribution in [-0.4, -0.2) is 60.7 Å². The molecule has 0 aliphatic carbocycles. The maximum absolute atomic E-state index is 12.9. The van der Waals surface area contributed by atoms with E-state index in [0.717, 1.165) is 62.9 Å². The van der Waals surface area contributed by atoms with E-state index in [1.807, 2.05) is 25.2 Å². The van der Waals surface area contributed by atoms with Crippen LogP contribution in [-0.2, 0) is 13.0 Å². The van der Waals surface area contributed by atoms with Crippen molar-refractivity contribution in [1.82, 2.24) is 20.3 Å². The van der Waals surface area contributed by atoms with Crippen LogP contribution in [0.25, 0.3) is 0 Å². The molecule has 26 heavy (non-hydrogen) atoms. The van der Waals surface area contributed by atoms with E-state index in [4.69, 9.17) is 4.52 Å². The number of aromatic nitrogens is 1.